The molecule has 0 aliphatic rings. The van der Waals surface area contributed by atoms with Crippen molar-refractivity contribution in [1.82, 2.24) is 9.97 Å². The number of hydrogen-bond donors (Lipinski definition) is 2. The summed E-state index contributed by atoms with van der Waals surface area (Å²) in [6.45, 7) is 0.767. The van der Waals surface area contributed by atoms with Gasteiger partial charge in [0.1, 0.15) is 16.5 Å². The predicted molar refractivity (Wildman–Crippen MR) is 81.6 cm³/mol. The molecule has 0 bridgehead atoms. The first-order valence-corrected chi connectivity index (χ1v) is 6.54. The SMILES string of the molecule is NC(=S)c1cnc(NCCc2ccc(Cl)cc2)cn1. The van der Waals surface area contributed by atoms with E-state index in [0.29, 0.717) is 11.5 Å². The lowest BCUT2D eigenvalue weighted by Crippen LogP contribution is -2.13. The molecule has 0 aliphatic heterocycles. The van der Waals surface area contributed by atoms with Crippen molar-refractivity contribution in [2.45, 2.75) is 6.42 Å². The third-order valence-electron chi connectivity index (χ3n) is 2.54. The Bertz CT molecular complexity index is 554. The molecule has 0 fully saturated rings. The van der Waals surface area contributed by atoms with Crippen molar-refractivity contribution < 1.29 is 0 Å². The molecule has 6 heteroatoms. The molecule has 19 heavy (non-hydrogen) atoms. The Balaban J connectivity index is 1.85. The van der Waals surface area contributed by atoms with Crippen LogP contribution in [0.1, 0.15) is 11.3 Å². The highest BCUT2D eigenvalue weighted by molar-refractivity contribution is 7.80. The monoisotopic (exact) mass is 292 g/mol. The first-order valence-electron chi connectivity index (χ1n) is 5.75. The molecule has 98 valence electrons. The highest BCUT2D eigenvalue weighted by atomic mass is 35.5. The normalized spacial score (nSPS) is 10.2. The van der Waals surface area contributed by atoms with Crippen LogP contribution in [-0.4, -0.2) is 21.5 Å². The van der Waals surface area contributed by atoms with Crippen LogP contribution in [0.4, 0.5) is 5.82 Å². The van der Waals surface area contributed by atoms with Gasteiger partial charge in [0, 0.05) is 11.6 Å². The molecule has 1 heterocycles. The number of rotatable bonds is 5. The van der Waals surface area contributed by atoms with E-state index in [1.54, 1.807) is 12.4 Å². The smallest absolute Gasteiger partial charge is 0.144 e. The highest BCUT2D eigenvalue weighted by Gasteiger charge is 1.99. The average Bonchev–Trinajstić information content (AvgIpc) is 2.41. The number of nitrogens with zero attached hydrogens (tertiary/aromatic N) is 2. The largest absolute Gasteiger partial charge is 0.388 e. The number of nitrogens with two attached hydrogens (primary N) is 1. The molecule has 0 spiro atoms. The standard InChI is InChI=1S/C13H13ClN4S/c14-10-3-1-9(2-4-10)5-6-16-12-8-17-11(7-18-12)13(15)19/h1-4,7-8H,5-6H2,(H2,15,19)(H,16,18). The maximum absolute atomic E-state index is 5.83. The molecule has 2 aromatic rings. The van der Waals surface area contributed by atoms with Gasteiger partial charge in [-0.25, -0.2) is 9.97 Å². The molecular formula is C13H13ClN4S. The third-order valence-corrected chi connectivity index (χ3v) is 3.00. The Hall–Kier alpha value is -1.72. The fourth-order valence-electron chi connectivity index (χ4n) is 1.53. The summed E-state index contributed by atoms with van der Waals surface area (Å²) in [7, 11) is 0. The van der Waals surface area contributed by atoms with Gasteiger partial charge in [-0.2, -0.15) is 0 Å². The summed E-state index contributed by atoms with van der Waals surface area (Å²) in [4.78, 5) is 8.54. The molecule has 0 unspecified atom stereocenters. The van der Waals surface area contributed by atoms with Gasteiger partial charge in [-0.3, -0.25) is 0 Å². The molecule has 4 nitrogen and oxygen atoms in total. The number of hydrogen-bond acceptors (Lipinski definition) is 4. The second kappa shape index (κ2) is 6.45. The van der Waals surface area contributed by atoms with E-state index in [1.165, 1.54) is 5.56 Å². The van der Waals surface area contributed by atoms with Gasteiger partial charge in [0.15, 0.2) is 0 Å². The molecular weight excluding hydrogens is 280 g/mol. The van der Waals surface area contributed by atoms with Crippen LogP contribution >= 0.6 is 23.8 Å². The minimum Gasteiger partial charge on any atom is -0.388 e. The van der Waals surface area contributed by atoms with Crippen LogP contribution in [0, 0.1) is 0 Å². The van der Waals surface area contributed by atoms with E-state index in [0.717, 1.165) is 18.0 Å². The van der Waals surface area contributed by atoms with Gasteiger partial charge in [0.25, 0.3) is 0 Å². The lowest BCUT2D eigenvalue weighted by atomic mass is 10.1. The minimum absolute atomic E-state index is 0.250. The summed E-state index contributed by atoms with van der Waals surface area (Å²) in [5.74, 6) is 0.703. The topological polar surface area (TPSA) is 63.8 Å². The van der Waals surface area contributed by atoms with Crippen molar-refractivity contribution in [3.63, 3.8) is 0 Å². The maximum Gasteiger partial charge on any atom is 0.144 e. The molecule has 3 N–H and O–H groups in total. The fraction of sp³-hybridized carbons (Fsp3) is 0.154. The molecule has 0 radical (unpaired) electrons. The number of benzene rings is 1. The van der Waals surface area contributed by atoms with Crippen molar-refractivity contribution in [1.29, 1.82) is 0 Å². The summed E-state index contributed by atoms with van der Waals surface area (Å²) in [5, 5.41) is 3.93. The van der Waals surface area contributed by atoms with Crippen LogP contribution in [0.15, 0.2) is 36.7 Å². The summed E-state index contributed by atoms with van der Waals surface area (Å²) in [6, 6.07) is 7.78. The van der Waals surface area contributed by atoms with E-state index in [4.69, 9.17) is 29.6 Å². The van der Waals surface area contributed by atoms with E-state index in [1.807, 2.05) is 24.3 Å². The number of thiocarbonyl (C=S) groups is 1. The van der Waals surface area contributed by atoms with Gasteiger partial charge in [-0.05, 0) is 24.1 Å². The zero-order chi connectivity index (χ0) is 13.7. The van der Waals surface area contributed by atoms with Gasteiger partial charge in [0.2, 0.25) is 0 Å². The first-order chi connectivity index (χ1) is 9.15. The second-order valence-electron chi connectivity index (χ2n) is 3.95. The molecule has 0 saturated carbocycles. The van der Waals surface area contributed by atoms with Crippen LogP contribution < -0.4 is 11.1 Å². The van der Waals surface area contributed by atoms with Crippen LogP contribution in [-0.2, 0) is 6.42 Å². The van der Waals surface area contributed by atoms with Gasteiger partial charge >= 0.3 is 0 Å². The summed E-state index contributed by atoms with van der Waals surface area (Å²) in [6.07, 6.45) is 4.07. The zero-order valence-corrected chi connectivity index (χ0v) is 11.7. The zero-order valence-electron chi connectivity index (χ0n) is 10.1. The minimum atomic E-state index is 0.250. The van der Waals surface area contributed by atoms with Crippen molar-refractivity contribution in [2.75, 3.05) is 11.9 Å². The Labute approximate surface area is 122 Å². The van der Waals surface area contributed by atoms with E-state index < -0.39 is 0 Å². The Morgan fingerprint density at radius 1 is 1.21 bits per heavy atom. The maximum atomic E-state index is 5.83. The van der Waals surface area contributed by atoms with E-state index in [-0.39, 0.29) is 4.99 Å². The molecule has 0 atom stereocenters. The quantitative estimate of drug-likeness (QED) is 0.829. The van der Waals surface area contributed by atoms with Gasteiger partial charge in [-0.1, -0.05) is 36.0 Å². The Morgan fingerprint density at radius 3 is 2.53 bits per heavy atom. The van der Waals surface area contributed by atoms with Gasteiger partial charge in [-0.15, -0.1) is 0 Å². The van der Waals surface area contributed by atoms with E-state index in [2.05, 4.69) is 15.3 Å². The molecule has 0 amide bonds. The second-order valence-corrected chi connectivity index (χ2v) is 4.83. The van der Waals surface area contributed by atoms with Crippen molar-refractivity contribution in [3.8, 4) is 0 Å². The Morgan fingerprint density at radius 2 is 1.95 bits per heavy atom. The van der Waals surface area contributed by atoms with Crippen LogP contribution in [0.2, 0.25) is 5.02 Å². The van der Waals surface area contributed by atoms with Crippen LogP contribution in [0.25, 0.3) is 0 Å². The van der Waals surface area contributed by atoms with Crippen molar-refractivity contribution in [3.05, 3.63) is 52.9 Å². The number of nitrogens with one attached hydrogen (secondary N) is 1. The summed E-state index contributed by atoms with van der Waals surface area (Å²) < 4.78 is 0. The predicted octanol–water partition coefficient (Wildman–Crippen LogP) is 2.42. The molecule has 1 aromatic carbocycles. The summed E-state index contributed by atoms with van der Waals surface area (Å²) in [5.41, 5.74) is 7.19. The highest BCUT2D eigenvalue weighted by Crippen LogP contribution is 2.10. The van der Waals surface area contributed by atoms with Crippen molar-refractivity contribution in [2.24, 2.45) is 5.73 Å². The van der Waals surface area contributed by atoms with Gasteiger partial charge < -0.3 is 11.1 Å². The number of aromatic nitrogens is 2. The first kappa shape index (κ1) is 13.7. The molecule has 1 aromatic heterocycles. The molecule has 0 aliphatic carbocycles. The third kappa shape index (κ3) is 4.15. The molecule has 0 saturated heterocycles. The molecule has 2 rings (SSSR count). The van der Waals surface area contributed by atoms with Crippen LogP contribution in [0.5, 0.6) is 0 Å². The fourth-order valence-corrected chi connectivity index (χ4v) is 1.76. The van der Waals surface area contributed by atoms with Gasteiger partial charge in [0.05, 0.1) is 12.4 Å². The number of halogens is 1. The lowest BCUT2D eigenvalue weighted by Gasteiger charge is -2.06. The summed E-state index contributed by atoms with van der Waals surface area (Å²) >= 11 is 10.6. The Kier molecular flexibility index (Phi) is 4.65. The van der Waals surface area contributed by atoms with Crippen molar-refractivity contribution >= 4 is 34.6 Å². The number of anilines is 1. The lowest BCUT2D eigenvalue weighted by molar-refractivity contribution is 0.998. The van der Waals surface area contributed by atoms with E-state index in [9.17, 15) is 0 Å². The van der Waals surface area contributed by atoms with Crippen LogP contribution in [0.3, 0.4) is 0 Å². The van der Waals surface area contributed by atoms with E-state index >= 15 is 0 Å². The average molecular weight is 293 g/mol.